The van der Waals surface area contributed by atoms with Gasteiger partial charge in [0.2, 0.25) is 11.8 Å². The molecule has 2 aliphatic rings. The van der Waals surface area contributed by atoms with Crippen molar-refractivity contribution in [2.45, 2.75) is 31.7 Å². The summed E-state index contributed by atoms with van der Waals surface area (Å²) in [6.07, 6.45) is 2.49. The highest BCUT2D eigenvalue weighted by Gasteiger charge is 2.33. The van der Waals surface area contributed by atoms with Crippen LogP contribution in [0, 0.1) is 5.92 Å². The minimum atomic E-state index is -0.116. The van der Waals surface area contributed by atoms with Crippen LogP contribution in [-0.4, -0.2) is 42.5 Å². The van der Waals surface area contributed by atoms with Crippen LogP contribution >= 0.6 is 0 Å². The Labute approximate surface area is 94.9 Å². The van der Waals surface area contributed by atoms with Crippen LogP contribution in [0.3, 0.4) is 0 Å². The molecule has 2 amide bonds. The van der Waals surface area contributed by atoms with Gasteiger partial charge in [0.05, 0.1) is 0 Å². The predicted octanol–water partition coefficient (Wildman–Crippen LogP) is -0.111. The molecule has 0 spiro atoms. The Hall–Kier alpha value is -0.940. The van der Waals surface area contributed by atoms with E-state index in [-0.39, 0.29) is 23.8 Å². The monoisotopic (exact) mass is 226 g/mol. The highest BCUT2D eigenvalue weighted by atomic mass is 16.5. The molecule has 0 aromatic heterocycles. The number of likely N-dealkylation sites (tertiary alicyclic amines) is 1. The van der Waals surface area contributed by atoms with Gasteiger partial charge in [-0.25, -0.2) is 0 Å². The van der Waals surface area contributed by atoms with Gasteiger partial charge in [0.15, 0.2) is 0 Å². The van der Waals surface area contributed by atoms with Gasteiger partial charge in [-0.15, -0.1) is 0 Å². The minimum Gasteiger partial charge on any atom is -0.381 e. The summed E-state index contributed by atoms with van der Waals surface area (Å²) in [4.78, 5) is 25.1. The van der Waals surface area contributed by atoms with Crippen LogP contribution in [0.4, 0.5) is 0 Å². The smallest absolute Gasteiger partial charge is 0.232 e. The second kappa shape index (κ2) is 4.93. The third-order valence-electron chi connectivity index (χ3n) is 3.30. The number of ether oxygens (including phenoxy) is 1. The first-order chi connectivity index (χ1) is 7.68. The Morgan fingerprint density at radius 1 is 1.31 bits per heavy atom. The van der Waals surface area contributed by atoms with E-state index in [2.05, 4.69) is 0 Å². The molecular formula is C11H18N2O3. The van der Waals surface area contributed by atoms with Crippen molar-refractivity contribution < 1.29 is 14.3 Å². The van der Waals surface area contributed by atoms with Crippen molar-refractivity contribution in [3.63, 3.8) is 0 Å². The number of carbonyl (C=O) groups is 2. The Kier molecular flexibility index (Phi) is 3.56. The second-order valence-electron chi connectivity index (χ2n) is 4.52. The van der Waals surface area contributed by atoms with E-state index < -0.39 is 0 Å². The summed E-state index contributed by atoms with van der Waals surface area (Å²) in [5.41, 5.74) is 5.69. The lowest BCUT2D eigenvalue weighted by Gasteiger charge is -2.32. The van der Waals surface area contributed by atoms with E-state index in [9.17, 15) is 9.59 Å². The first-order valence-electron chi connectivity index (χ1n) is 5.86. The van der Waals surface area contributed by atoms with Gasteiger partial charge < -0.3 is 10.5 Å². The third kappa shape index (κ3) is 2.41. The molecule has 90 valence electrons. The summed E-state index contributed by atoms with van der Waals surface area (Å²) in [7, 11) is 0. The summed E-state index contributed by atoms with van der Waals surface area (Å²) < 4.78 is 5.21. The number of imide groups is 1. The fourth-order valence-electron chi connectivity index (χ4n) is 2.25. The molecular weight excluding hydrogens is 208 g/mol. The fourth-order valence-corrected chi connectivity index (χ4v) is 2.25. The van der Waals surface area contributed by atoms with E-state index in [0.29, 0.717) is 26.2 Å². The summed E-state index contributed by atoms with van der Waals surface area (Å²) in [6, 6.07) is -0.0776. The van der Waals surface area contributed by atoms with Gasteiger partial charge in [-0.1, -0.05) is 0 Å². The molecule has 16 heavy (non-hydrogen) atoms. The topological polar surface area (TPSA) is 72.6 Å². The maximum Gasteiger partial charge on any atom is 0.232 e. The normalized spacial score (nSPS) is 28.2. The molecule has 0 aliphatic carbocycles. The average Bonchev–Trinajstić information content (AvgIpc) is 2.29. The highest BCUT2D eigenvalue weighted by molar-refractivity contribution is 5.97. The van der Waals surface area contributed by atoms with Crippen LogP contribution < -0.4 is 5.73 Å². The van der Waals surface area contributed by atoms with Crippen molar-refractivity contribution >= 4 is 11.8 Å². The van der Waals surface area contributed by atoms with Crippen LogP contribution in [0.1, 0.15) is 25.7 Å². The fraction of sp³-hybridized carbons (Fsp3) is 0.818. The van der Waals surface area contributed by atoms with Crippen molar-refractivity contribution in [3.05, 3.63) is 0 Å². The molecule has 0 bridgehead atoms. The molecule has 1 unspecified atom stereocenters. The molecule has 2 N–H and O–H groups in total. The van der Waals surface area contributed by atoms with E-state index in [1.54, 1.807) is 0 Å². The summed E-state index contributed by atoms with van der Waals surface area (Å²) in [5.74, 6) is -0.178. The van der Waals surface area contributed by atoms with E-state index >= 15 is 0 Å². The van der Waals surface area contributed by atoms with Crippen LogP contribution in [0.2, 0.25) is 0 Å². The first-order valence-corrected chi connectivity index (χ1v) is 5.86. The number of hydrogen-bond donors (Lipinski definition) is 1. The number of nitrogens with two attached hydrogens (primary N) is 1. The average molecular weight is 226 g/mol. The van der Waals surface area contributed by atoms with E-state index in [1.807, 2.05) is 0 Å². The Balaban J connectivity index is 1.95. The van der Waals surface area contributed by atoms with Gasteiger partial charge in [0.25, 0.3) is 0 Å². The van der Waals surface area contributed by atoms with E-state index in [1.165, 1.54) is 4.90 Å². The lowest BCUT2D eigenvalue weighted by atomic mass is 9.96. The Bertz CT molecular complexity index is 287. The molecule has 2 heterocycles. The Morgan fingerprint density at radius 3 is 2.62 bits per heavy atom. The van der Waals surface area contributed by atoms with Crippen LogP contribution in [0.15, 0.2) is 0 Å². The standard InChI is InChI=1S/C11H18N2O3/c12-9-1-4-13(10(14)7-9)11(15)8-2-5-16-6-3-8/h8-9H,1-7,12H2. The highest BCUT2D eigenvalue weighted by Crippen LogP contribution is 2.20. The molecule has 0 aromatic carbocycles. The number of rotatable bonds is 1. The third-order valence-corrected chi connectivity index (χ3v) is 3.30. The van der Waals surface area contributed by atoms with Crippen molar-refractivity contribution in [2.75, 3.05) is 19.8 Å². The van der Waals surface area contributed by atoms with Gasteiger partial charge in [-0.3, -0.25) is 14.5 Å². The molecule has 0 saturated carbocycles. The van der Waals surface area contributed by atoms with Crippen molar-refractivity contribution in [3.8, 4) is 0 Å². The zero-order chi connectivity index (χ0) is 11.5. The number of carbonyl (C=O) groups excluding carboxylic acids is 2. The first kappa shape index (κ1) is 11.5. The number of hydrogen-bond acceptors (Lipinski definition) is 4. The largest absolute Gasteiger partial charge is 0.381 e. The molecule has 0 aromatic rings. The molecule has 5 nitrogen and oxygen atoms in total. The van der Waals surface area contributed by atoms with Crippen molar-refractivity contribution in [2.24, 2.45) is 11.7 Å². The summed E-state index contributed by atoms with van der Waals surface area (Å²) >= 11 is 0. The summed E-state index contributed by atoms with van der Waals surface area (Å²) in [6.45, 7) is 1.73. The zero-order valence-electron chi connectivity index (χ0n) is 9.35. The van der Waals surface area contributed by atoms with Crippen LogP contribution in [0.5, 0.6) is 0 Å². The Morgan fingerprint density at radius 2 is 2.00 bits per heavy atom. The van der Waals surface area contributed by atoms with Crippen LogP contribution in [-0.2, 0) is 14.3 Å². The number of amides is 2. The van der Waals surface area contributed by atoms with E-state index in [4.69, 9.17) is 10.5 Å². The molecule has 5 heteroatoms. The predicted molar refractivity (Wildman–Crippen MR) is 57.5 cm³/mol. The number of nitrogens with zero attached hydrogens (tertiary/aromatic N) is 1. The zero-order valence-corrected chi connectivity index (χ0v) is 9.35. The van der Waals surface area contributed by atoms with Crippen molar-refractivity contribution in [1.82, 2.24) is 4.90 Å². The lowest BCUT2D eigenvalue weighted by Crippen LogP contribution is -2.49. The minimum absolute atomic E-state index is 0.0276. The van der Waals surface area contributed by atoms with E-state index in [0.717, 1.165) is 19.3 Å². The quantitative estimate of drug-likeness (QED) is 0.633. The van der Waals surface area contributed by atoms with Gasteiger partial charge in [0.1, 0.15) is 0 Å². The van der Waals surface area contributed by atoms with Gasteiger partial charge in [-0.05, 0) is 19.3 Å². The van der Waals surface area contributed by atoms with Crippen molar-refractivity contribution in [1.29, 1.82) is 0 Å². The van der Waals surface area contributed by atoms with Gasteiger partial charge in [0, 0.05) is 38.1 Å². The van der Waals surface area contributed by atoms with Gasteiger partial charge in [-0.2, -0.15) is 0 Å². The summed E-state index contributed by atoms with van der Waals surface area (Å²) in [5, 5.41) is 0. The molecule has 2 saturated heterocycles. The number of piperidine rings is 1. The second-order valence-corrected chi connectivity index (χ2v) is 4.52. The molecule has 2 fully saturated rings. The lowest BCUT2D eigenvalue weighted by molar-refractivity contribution is -0.151. The van der Waals surface area contributed by atoms with Gasteiger partial charge >= 0.3 is 0 Å². The maximum absolute atomic E-state index is 12.1. The SMILES string of the molecule is NC1CCN(C(=O)C2CCOCC2)C(=O)C1. The molecule has 0 radical (unpaired) electrons. The van der Waals surface area contributed by atoms with Crippen LogP contribution in [0.25, 0.3) is 0 Å². The molecule has 1 atom stereocenters. The maximum atomic E-state index is 12.1. The molecule has 2 rings (SSSR count). The molecule has 2 aliphatic heterocycles.